The van der Waals surface area contributed by atoms with E-state index >= 15 is 0 Å². The van der Waals surface area contributed by atoms with Gasteiger partial charge in [-0.25, -0.2) is 4.99 Å². The van der Waals surface area contributed by atoms with Crippen LogP contribution in [0.3, 0.4) is 0 Å². The highest BCUT2D eigenvalue weighted by Crippen LogP contribution is 2.39. The lowest BCUT2D eigenvalue weighted by molar-refractivity contribution is -0.115. The smallest absolute Gasteiger partial charge is 0.264 e. The van der Waals surface area contributed by atoms with Crippen LogP contribution in [-0.4, -0.2) is 24.8 Å². The van der Waals surface area contributed by atoms with Gasteiger partial charge in [0.05, 0.1) is 28.8 Å². The highest BCUT2D eigenvalue weighted by molar-refractivity contribution is 9.10. The van der Waals surface area contributed by atoms with E-state index in [1.807, 2.05) is 61.5 Å². The third-order valence-electron chi connectivity index (χ3n) is 5.78. The Hall–Kier alpha value is -3.75. The number of nitrogens with one attached hydrogen (secondary N) is 1. The minimum absolute atomic E-state index is 0.201. The Labute approximate surface area is 233 Å². The molecule has 1 aliphatic heterocycles. The number of methoxy groups -OCH3 is 1. The minimum atomic E-state index is -0.201. The quantitative estimate of drug-likeness (QED) is 0.216. The first-order chi connectivity index (χ1) is 18.5. The number of aliphatic imine (C=N–C) groups is 1. The van der Waals surface area contributed by atoms with Gasteiger partial charge < -0.3 is 19.5 Å². The fourth-order valence-electron chi connectivity index (χ4n) is 3.96. The Morgan fingerprint density at radius 3 is 2.53 bits per heavy atom. The first-order valence-electron chi connectivity index (χ1n) is 12.0. The average molecular weight is 590 g/mol. The summed E-state index contributed by atoms with van der Waals surface area (Å²) in [5.41, 5.74) is 2.60. The van der Waals surface area contributed by atoms with Crippen molar-refractivity contribution >= 4 is 61.3 Å². The number of ether oxygens (including phenoxy) is 3. The number of halogens is 1. The van der Waals surface area contributed by atoms with Gasteiger partial charge in [0.2, 0.25) is 0 Å². The van der Waals surface area contributed by atoms with E-state index in [0.717, 1.165) is 27.0 Å². The fraction of sp³-hybridized carbons (Fsp3) is 0.133. The van der Waals surface area contributed by atoms with Crippen molar-refractivity contribution in [3.63, 3.8) is 0 Å². The predicted octanol–water partition coefficient (Wildman–Crippen LogP) is 7.48. The summed E-state index contributed by atoms with van der Waals surface area (Å²) < 4.78 is 18.0. The summed E-state index contributed by atoms with van der Waals surface area (Å²) in [5.74, 6) is 1.77. The van der Waals surface area contributed by atoms with Gasteiger partial charge in [0, 0.05) is 0 Å². The van der Waals surface area contributed by atoms with Crippen LogP contribution in [0, 0.1) is 0 Å². The van der Waals surface area contributed by atoms with Gasteiger partial charge in [0.1, 0.15) is 12.4 Å². The fourth-order valence-corrected chi connectivity index (χ4v) is 5.38. The molecule has 1 aliphatic rings. The maximum absolute atomic E-state index is 12.6. The minimum Gasteiger partial charge on any atom is -0.497 e. The van der Waals surface area contributed by atoms with E-state index in [1.54, 1.807) is 7.11 Å². The molecule has 0 aliphatic carbocycles. The third-order valence-corrected chi connectivity index (χ3v) is 7.28. The number of fused-ring (bicyclic) bond motifs is 1. The molecule has 4 aromatic rings. The zero-order valence-electron chi connectivity index (χ0n) is 20.9. The first-order valence-corrected chi connectivity index (χ1v) is 13.6. The summed E-state index contributed by atoms with van der Waals surface area (Å²) >= 11 is 4.93. The molecule has 1 N–H and O–H groups in total. The van der Waals surface area contributed by atoms with Crippen LogP contribution in [0.2, 0.25) is 0 Å². The van der Waals surface area contributed by atoms with Crippen molar-refractivity contribution in [3.8, 4) is 17.2 Å². The van der Waals surface area contributed by atoms with E-state index in [4.69, 9.17) is 14.2 Å². The summed E-state index contributed by atoms with van der Waals surface area (Å²) in [5, 5.41) is 5.70. The molecule has 0 atom stereocenters. The van der Waals surface area contributed by atoms with Crippen LogP contribution in [-0.2, 0) is 11.4 Å². The molecule has 1 fully saturated rings. The third kappa shape index (κ3) is 6.03. The Morgan fingerprint density at radius 1 is 0.974 bits per heavy atom. The van der Waals surface area contributed by atoms with Gasteiger partial charge in [0.15, 0.2) is 16.7 Å². The van der Waals surface area contributed by atoms with Crippen molar-refractivity contribution in [2.24, 2.45) is 4.99 Å². The monoisotopic (exact) mass is 588 g/mol. The number of hydrogen-bond donors (Lipinski definition) is 1. The molecular weight excluding hydrogens is 564 g/mol. The van der Waals surface area contributed by atoms with E-state index in [9.17, 15) is 4.79 Å². The lowest BCUT2D eigenvalue weighted by Gasteiger charge is -2.15. The van der Waals surface area contributed by atoms with Gasteiger partial charge in [-0.05, 0) is 105 Å². The van der Waals surface area contributed by atoms with Crippen LogP contribution < -0.4 is 19.5 Å². The highest BCUT2D eigenvalue weighted by atomic mass is 79.9. The standard InChI is InChI=1S/C30H25BrN2O4S/c1-3-36-26-16-20(17-27-29(34)33-30(38-27)32-23-10-12-24(35-2)13-11-23)15-25(31)28(26)37-18-19-8-9-21-6-4-5-7-22(21)14-19/h4-17H,3,18H2,1-2H3,(H,32,33,34)/b27-17+. The molecule has 0 aromatic heterocycles. The molecule has 0 radical (unpaired) electrons. The van der Waals surface area contributed by atoms with Crippen molar-refractivity contribution in [2.45, 2.75) is 13.5 Å². The number of thioether (sulfide) groups is 1. The van der Waals surface area contributed by atoms with Crippen LogP contribution in [0.1, 0.15) is 18.1 Å². The Bertz CT molecular complexity index is 1550. The normalized spacial score (nSPS) is 15.2. The molecule has 8 heteroatoms. The van der Waals surface area contributed by atoms with Crippen LogP contribution in [0.4, 0.5) is 5.69 Å². The second-order valence-corrected chi connectivity index (χ2v) is 10.3. The molecule has 6 nitrogen and oxygen atoms in total. The van der Waals surface area contributed by atoms with Gasteiger partial charge >= 0.3 is 0 Å². The predicted molar refractivity (Wildman–Crippen MR) is 157 cm³/mol. The van der Waals surface area contributed by atoms with Crippen molar-refractivity contribution in [2.75, 3.05) is 13.7 Å². The average Bonchev–Trinajstić information content (AvgIpc) is 3.26. The van der Waals surface area contributed by atoms with E-state index in [1.165, 1.54) is 22.5 Å². The van der Waals surface area contributed by atoms with Crippen molar-refractivity contribution < 1.29 is 19.0 Å². The highest BCUT2D eigenvalue weighted by Gasteiger charge is 2.24. The summed E-state index contributed by atoms with van der Waals surface area (Å²) in [6.07, 6.45) is 1.82. The number of benzene rings is 4. The number of nitrogens with zero attached hydrogens (tertiary/aromatic N) is 1. The first kappa shape index (κ1) is 25.9. The largest absolute Gasteiger partial charge is 0.497 e. The molecule has 4 aromatic carbocycles. The SMILES string of the molecule is CCOc1cc(/C=C2/SC(=Nc3ccc(OC)cc3)NC2=O)cc(Br)c1OCc1ccc2ccccc2c1. The van der Waals surface area contributed by atoms with Gasteiger partial charge in [-0.3, -0.25) is 4.79 Å². The van der Waals surface area contributed by atoms with Gasteiger partial charge in [-0.2, -0.15) is 0 Å². The van der Waals surface area contributed by atoms with E-state index < -0.39 is 0 Å². The van der Waals surface area contributed by atoms with Crippen molar-refractivity contribution in [1.29, 1.82) is 0 Å². The number of hydrogen-bond acceptors (Lipinski definition) is 6. The lowest BCUT2D eigenvalue weighted by atomic mass is 10.1. The van der Waals surface area contributed by atoms with E-state index in [-0.39, 0.29) is 5.91 Å². The summed E-state index contributed by atoms with van der Waals surface area (Å²) in [6.45, 7) is 2.80. The molecule has 1 heterocycles. The molecule has 38 heavy (non-hydrogen) atoms. The van der Waals surface area contributed by atoms with Crippen LogP contribution in [0.25, 0.3) is 16.8 Å². The van der Waals surface area contributed by atoms with Crippen LogP contribution >= 0.6 is 27.7 Å². The van der Waals surface area contributed by atoms with Gasteiger partial charge in [0.25, 0.3) is 5.91 Å². The van der Waals surface area contributed by atoms with Gasteiger partial charge in [-0.1, -0.05) is 36.4 Å². The Balaban J connectivity index is 1.35. The maximum Gasteiger partial charge on any atom is 0.264 e. The van der Waals surface area contributed by atoms with Crippen molar-refractivity contribution in [3.05, 3.63) is 99.4 Å². The summed E-state index contributed by atoms with van der Waals surface area (Å²) in [4.78, 5) is 17.7. The Morgan fingerprint density at radius 2 is 1.76 bits per heavy atom. The summed E-state index contributed by atoms with van der Waals surface area (Å²) in [6, 6.07) is 25.6. The Kier molecular flexibility index (Phi) is 8.00. The molecule has 5 rings (SSSR count). The topological polar surface area (TPSA) is 69.2 Å². The number of carbonyl (C=O) groups excluding carboxylic acids is 1. The van der Waals surface area contributed by atoms with Crippen LogP contribution in [0.5, 0.6) is 17.2 Å². The number of carbonyl (C=O) groups is 1. The maximum atomic E-state index is 12.6. The molecule has 192 valence electrons. The van der Waals surface area contributed by atoms with Crippen LogP contribution in [0.15, 0.2) is 93.2 Å². The molecule has 0 unspecified atom stereocenters. The molecule has 0 bridgehead atoms. The second-order valence-electron chi connectivity index (χ2n) is 8.41. The number of amides is 1. The number of rotatable bonds is 8. The van der Waals surface area contributed by atoms with Gasteiger partial charge in [-0.15, -0.1) is 0 Å². The zero-order chi connectivity index (χ0) is 26.5. The summed E-state index contributed by atoms with van der Waals surface area (Å²) in [7, 11) is 1.61. The lowest BCUT2D eigenvalue weighted by Crippen LogP contribution is -2.19. The zero-order valence-corrected chi connectivity index (χ0v) is 23.3. The molecule has 0 spiro atoms. The second kappa shape index (κ2) is 11.8. The van der Waals surface area contributed by atoms with E-state index in [2.05, 4.69) is 56.6 Å². The van der Waals surface area contributed by atoms with E-state index in [0.29, 0.717) is 34.8 Å². The van der Waals surface area contributed by atoms with Crippen molar-refractivity contribution in [1.82, 2.24) is 5.32 Å². The molecule has 0 saturated carbocycles. The molecule has 1 amide bonds. The molecule has 1 saturated heterocycles. The molecular formula is C30H25BrN2O4S. The number of amidine groups is 1.